The quantitative estimate of drug-likeness (QED) is 0.231. The zero-order valence-electron chi connectivity index (χ0n) is 19.6. The third-order valence-corrected chi connectivity index (χ3v) is 9.02. The van der Waals surface area contributed by atoms with Crippen molar-refractivity contribution >= 4 is 22.6 Å². The van der Waals surface area contributed by atoms with Gasteiger partial charge in [0.25, 0.3) is 0 Å². The van der Waals surface area contributed by atoms with Gasteiger partial charge in [0.2, 0.25) is 0 Å². The van der Waals surface area contributed by atoms with E-state index in [1.54, 1.807) is 18.0 Å². The lowest BCUT2D eigenvalue weighted by molar-refractivity contribution is 0.306. The standard InChI is InChI=1S/C30H30O2S2/c1-33-30(34(2)31)19-17-27-20-25(24-12-7-4-8-13-24)16-18-29(27)26-14-9-15-28(21-26)32-22-23-10-5-3-6-11-23/h3-16,18,20-21,30H,17,19,22H2,1-2H3. The van der Waals surface area contributed by atoms with Crippen molar-refractivity contribution in [2.75, 3.05) is 12.5 Å². The molecule has 0 amide bonds. The van der Waals surface area contributed by atoms with E-state index >= 15 is 0 Å². The van der Waals surface area contributed by atoms with Crippen LogP contribution in [0.3, 0.4) is 0 Å². The molecule has 0 aliphatic rings. The molecule has 4 rings (SSSR count). The molecule has 2 atom stereocenters. The van der Waals surface area contributed by atoms with Gasteiger partial charge in [0.1, 0.15) is 12.4 Å². The van der Waals surface area contributed by atoms with Crippen molar-refractivity contribution in [3.8, 4) is 28.0 Å². The van der Waals surface area contributed by atoms with E-state index in [-0.39, 0.29) is 4.58 Å². The molecular weight excluding hydrogens is 456 g/mol. The van der Waals surface area contributed by atoms with Gasteiger partial charge in [-0.1, -0.05) is 91.0 Å². The van der Waals surface area contributed by atoms with Crippen molar-refractivity contribution in [1.82, 2.24) is 0 Å². The molecule has 0 fully saturated rings. The Morgan fingerprint density at radius 3 is 2.21 bits per heavy atom. The summed E-state index contributed by atoms with van der Waals surface area (Å²) in [5.74, 6) is 0.857. The first-order valence-electron chi connectivity index (χ1n) is 11.4. The van der Waals surface area contributed by atoms with E-state index in [0.717, 1.165) is 29.7 Å². The molecule has 34 heavy (non-hydrogen) atoms. The predicted molar refractivity (Wildman–Crippen MR) is 148 cm³/mol. The topological polar surface area (TPSA) is 26.3 Å². The van der Waals surface area contributed by atoms with Crippen LogP contribution in [0.4, 0.5) is 0 Å². The Bertz CT molecular complexity index is 1220. The molecule has 0 aliphatic carbocycles. The predicted octanol–water partition coefficient (Wildman–Crippen LogP) is 7.60. The lowest BCUT2D eigenvalue weighted by Gasteiger charge is -2.16. The number of hydrogen-bond acceptors (Lipinski definition) is 3. The molecule has 2 nitrogen and oxygen atoms in total. The van der Waals surface area contributed by atoms with Crippen LogP contribution in [0.5, 0.6) is 5.75 Å². The molecule has 4 aromatic rings. The highest BCUT2D eigenvalue weighted by Gasteiger charge is 2.15. The third-order valence-electron chi connectivity index (χ3n) is 5.89. The van der Waals surface area contributed by atoms with Gasteiger partial charge in [0, 0.05) is 17.1 Å². The second kappa shape index (κ2) is 12.0. The summed E-state index contributed by atoms with van der Waals surface area (Å²) in [6.07, 6.45) is 5.59. The molecular formula is C30H30O2S2. The fraction of sp³-hybridized carbons (Fsp3) is 0.200. The van der Waals surface area contributed by atoms with Gasteiger partial charge in [-0.05, 0) is 64.6 Å². The van der Waals surface area contributed by atoms with Crippen molar-refractivity contribution in [1.29, 1.82) is 0 Å². The van der Waals surface area contributed by atoms with Crippen LogP contribution in [0.25, 0.3) is 22.3 Å². The Hall–Kier alpha value is -2.82. The van der Waals surface area contributed by atoms with Gasteiger partial charge in [-0.25, -0.2) is 0 Å². The highest BCUT2D eigenvalue weighted by molar-refractivity contribution is 8.10. The number of benzene rings is 4. The minimum absolute atomic E-state index is 0.133. The van der Waals surface area contributed by atoms with E-state index in [1.807, 2.05) is 36.6 Å². The minimum Gasteiger partial charge on any atom is -0.489 e. The molecule has 0 saturated carbocycles. The largest absolute Gasteiger partial charge is 0.489 e. The minimum atomic E-state index is -0.851. The van der Waals surface area contributed by atoms with Gasteiger partial charge >= 0.3 is 0 Å². The van der Waals surface area contributed by atoms with Crippen LogP contribution >= 0.6 is 11.8 Å². The van der Waals surface area contributed by atoms with Gasteiger partial charge in [-0.2, -0.15) is 0 Å². The summed E-state index contributed by atoms with van der Waals surface area (Å²) < 4.78 is 18.4. The van der Waals surface area contributed by atoms with Crippen molar-refractivity contribution < 1.29 is 8.95 Å². The summed E-state index contributed by atoms with van der Waals surface area (Å²) in [7, 11) is -0.851. The van der Waals surface area contributed by atoms with E-state index < -0.39 is 10.8 Å². The fourth-order valence-electron chi connectivity index (χ4n) is 4.08. The molecule has 0 N–H and O–H groups in total. The highest BCUT2D eigenvalue weighted by atomic mass is 32.2. The smallest absolute Gasteiger partial charge is 0.120 e. The molecule has 0 aromatic heterocycles. The summed E-state index contributed by atoms with van der Waals surface area (Å²) in [5.41, 5.74) is 7.16. The molecule has 4 heteroatoms. The second-order valence-electron chi connectivity index (χ2n) is 8.24. The van der Waals surface area contributed by atoms with Crippen molar-refractivity contribution in [3.63, 3.8) is 0 Å². The van der Waals surface area contributed by atoms with Gasteiger partial charge in [0.15, 0.2) is 0 Å². The van der Waals surface area contributed by atoms with Crippen LogP contribution < -0.4 is 4.74 Å². The van der Waals surface area contributed by atoms with Gasteiger partial charge in [-0.3, -0.25) is 4.21 Å². The van der Waals surface area contributed by atoms with Gasteiger partial charge in [0.05, 0.1) is 4.58 Å². The van der Waals surface area contributed by atoms with Crippen molar-refractivity contribution in [3.05, 3.63) is 114 Å². The molecule has 0 heterocycles. The number of hydrogen-bond donors (Lipinski definition) is 0. The molecule has 0 saturated heterocycles. The summed E-state index contributed by atoms with van der Waals surface area (Å²) in [4.78, 5) is 0. The number of thioether (sulfide) groups is 1. The van der Waals surface area contributed by atoms with Crippen LogP contribution in [0.15, 0.2) is 103 Å². The Morgan fingerprint density at radius 1 is 0.794 bits per heavy atom. The maximum Gasteiger partial charge on any atom is 0.120 e. The molecule has 4 aromatic carbocycles. The first-order valence-corrected chi connectivity index (χ1v) is 14.4. The second-order valence-corrected chi connectivity index (χ2v) is 11.1. The average molecular weight is 487 g/mol. The van der Waals surface area contributed by atoms with E-state index in [4.69, 9.17) is 4.74 Å². The zero-order valence-corrected chi connectivity index (χ0v) is 21.3. The van der Waals surface area contributed by atoms with E-state index in [2.05, 4.69) is 72.8 Å². The monoisotopic (exact) mass is 486 g/mol. The Morgan fingerprint density at radius 2 is 1.50 bits per heavy atom. The molecule has 0 aliphatic heterocycles. The molecule has 0 spiro atoms. The molecule has 2 unspecified atom stereocenters. The highest BCUT2D eigenvalue weighted by Crippen LogP contribution is 2.33. The summed E-state index contributed by atoms with van der Waals surface area (Å²) in [6, 6.07) is 35.7. The summed E-state index contributed by atoms with van der Waals surface area (Å²) >= 11 is 1.69. The lowest BCUT2D eigenvalue weighted by atomic mass is 9.92. The average Bonchev–Trinajstić information content (AvgIpc) is 2.89. The number of ether oxygens (including phenoxy) is 1. The molecule has 0 bridgehead atoms. The maximum absolute atomic E-state index is 12.1. The summed E-state index contributed by atoms with van der Waals surface area (Å²) in [5, 5.41) is 0. The number of rotatable bonds is 10. The lowest BCUT2D eigenvalue weighted by Crippen LogP contribution is -2.10. The van der Waals surface area contributed by atoms with Crippen molar-refractivity contribution in [2.45, 2.75) is 24.0 Å². The van der Waals surface area contributed by atoms with E-state index in [1.165, 1.54) is 22.3 Å². The maximum atomic E-state index is 12.1. The molecule has 0 radical (unpaired) electrons. The van der Waals surface area contributed by atoms with Crippen LogP contribution in [0, 0.1) is 0 Å². The fourth-order valence-corrected chi connectivity index (χ4v) is 5.97. The molecule has 174 valence electrons. The Labute approximate surface area is 209 Å². The van der Waals surface area contributed by atoms with Crippen molar-refractivity contribution in [2.24, 2.45) is 0 Å². The van der Waals surface area contributed by atoms with Gasteiger partial charge in [-0.15, -0.1) is 11.8 Å². The first kappa shape index (κ1) is 24.3. The third kappa shape index (κ3) is 6.40. The van der Waals surface area contributed by atoms with Crippen LogP contribution in [0.2, 0.25) is 0 Å². The Balaban J connectivity index is 1.63. The first-order chi connectivity index (χ1) is 16.6. The zero-order chi connectivity index (χ0) is 23.8. The van der Waals surface area contributed by atoms with Crippen LogP contribution in [-0.2, 0) is 23.8 Å². The number of aryl methyl sites for hydroxylation is 1. The van der Waals surface area contributed by atoms with Crippen LogP contribution in [0.1, 0.15) is 17.5 Å². The summed E-state index contributed by atoms with van der Waals surface area (Å²) in [6.45, 7) is 0.543. The SMILES string of the molecule is CSC(CCc1cc(-c2ccccc2)ccc1-c1cccc(OCc2ccccc2)c1)S(C)=O. The van der Waals surface area contributed by atoms with E-state index in [9.17, 15) is 4.21 Å². The van der Waals surface area contributed by atoms with Gasteiger partial charge < -0.3 is 4.74 Å². The van der Waals surface area contributed by atoms with E-state index in [0.29, 0.717) is 6.61 Å². The normalized spacial score (nSPS) is 12.8. The van der Waals surface area contributed by atoms with Crippen LogP contribution in [-0.4, -0.2) is 21.3 Å². The Kier molecular flexibility index (Phi) is 8.62.